The summed E-state index contributed by atoms with van der Waals surface area (Å²) in [5.74, 6) is 0.00755. The summed E-state index contributed by atoms with van der Waals surface area (Å²) in [6.45, 7) is 3.16. The maximum atomic E-state index is 12.5. The summed E-state index contributed by atoms with van der Waals surface area (Å²) < 4.78 is 0. The van der Waals surface area contributed by atoms with E-state index in [0.29, 0.717) is 17.6 Å². The van der Waals surface area contributed by atoms with Gasteiger partial charge in [-0.2, -0.15) is 0 Å². The molecule has 136 valence electrons. The van der Waals surface area contributed by atoms with Crippen molar-refractivity contribution in [1.29, 1.82) is 0 Å². The predicted octanol–water partition coefficient (Wildman–Crippen LogP) is 3.71. The van der Waals surface area contributed by atoms with Crippen LogP contribution in [0.3, 0.4) is 0 Å². The molecule has 4 heteroatoms. The molecule has 4 rings (SSSR count). The number of amides is 1. The van der Waals surface area contributed by atoms with Gasteiger partial charge in [-0.15, -0.1) is 0 Å². The van der Waals surface area contributed by atoms with Gasteiger partial charge in [0, 0.05) is 37.1 Å². The van der Waals surface area contributed by atoms with Crippen molar-refractivity contribution >= 4 is 5.91 Å². The van der Waals surface area contributed by atoms with Crippen molar-refractivity contribution in [2.24, 2.45) is 0 Å². The van der Waals surface area contributed by atoms with Gasteiger partial charge < -0.3 is 5.32 Å². The fraction of sp³-hybridized carbons (Fsp3) is 0.455. The van der Waals surface area contributed by atoms with E-state index in [-0.39, 0.29) is 11.9 Å². The monoisotopic (exact) mass is 349 g/mol. The average molecular weight is 349 g/mol. The van der Waals surface area contributed by atoms with Crippen LogP contribution in [0.1, 0.15) is 53.6 Å². The smallest absolute Gasteiger partial charge is 0.253 e. The van der Waals surface area contributed by atoms with Crippen LogP contribution in [-0.2, 0) is 6.54 Å². The van der Waals surface area contributed by atoms with Gasteiger partial charge in [0.25, 0.3) is 5.91 Å². The zero-order valence-corrected chi connectivity index (χ0v) is 15.4. The Labute approximate surface area is 155 Å². The van der Waals surface area contributed by atoms with Gasteiger partial charge in [-0.3, -0.25) is 14.7 Å². The Bertz CT molecular complexity index is 730. The molecule has 2 saturated heterocycles. The molecule has 1 N–H and O–H groups in total. The zero-order valence-electron chi connectivity index (χ0n) is 15.4. The first-order valence-corrected chi connectivity index (χ1v) is 9.71. The second-order valence-corrected chi connectivity index (χ2v) is 7.78. The molecule has 2 bridgehead atoms. The number of piperidine rings is 2. The summed E-state index contributed by atoms with van der Waals surface area (Å²) in [6, 6.07) is 14.0. The molecule has 1 aromatic heterocycles. The van der Waals surface area contributed by atoms with Crippen LogP contribution in [0.25, 0.3) is 0 Å². The highest BCUT2D eigenvalue weighted by Crippen LogP contribution is 2.35. The molecule has 0 saturated carbocycles. The van der Waals surface area contributed by atoms with Crippen LogP contribution in [0, 0.1) is 6.92 Å². The number of fused-ring (bicyclic) bond motifs is 2. The van der Waals surface area contributed by atoms with Crippen LogP contribution in [0.2, 0.25) is 0 Å². The number of hydrogen-bond acceptors (Lipinski definition) is 3. The second kappa shape index (κ2) is 7.58. The lowest BCUT2D eigenvalue weighted by atomic mass is 9.81. The van der Waals surface area contributed by atoms with Gasteiger partial charge in [-0.05, 0) is 50.3 Å². The third-order valence-electron chi connectivity index (χ3n) is 5.87. The third kappa shape index (κ3) is 3.80. The van der Waals surface area contributed by atoms with Crippen molar-refractivity contribution < 1.29 is 4.79 Å². The summed E-state index contributed by atoms with van der Waals surface area (Å²) in [4.78, 5) is 19.2. The summed E-state index contributed by atoms with van der Waals surface area (Å²) in [7, 11) is 0. The van der Waals surface area contributed by atoms with E-state index in [1.807, 2.05) is 12.1 Å². The summed E-state index contributed by atoms with van der Waals surface area (Å²) in [6.07, 6.45) is 9.22. The van der Waals surface area contributed by atoms with Gasteiger partial charge in [0.2, 0.25) is 0 Å². The maximum Gasteiger partial charge on any atom is 0.253 e. The molecule has 2 aliphatic rings. The number of benzene rings is 1. The average Bonchev–Trinajstić information content (AvgIpc) is 2.65. The van der Waals surface area contributed by atoms with Crippen LogP contribution in [-0.4, -0.2) is 33.9 Å². The summed E-state index contributed by atoms with van der Waals surface area (Å²) in [5, 5.41) is 3.25. The van der Waals surface area contributed by atoms with Crippen LogP contribution < -0.4 is 5.32 Å². The lowest BCUT2D eigenvalue weighted by molar-refractivity contribution is 0.0177. The molecule has 2 aliphatic heterocycles. The predicted molar refractivity (Wildman–Crippen MR) is 103 cm³/mol. The summed E-state index contributed by atoms with van der Waals surface area (Å²) >= 11 is 0. The first-order valence-electron chi connectivity index (χ1n) is 9.71. The Morgan fingerprint density at radius 3 is 2.54 bits per heavy atom. The van der Waals surface area contributed by atoms with Gasteiger partial charge in [0.15, 0.2) is 0 Å². The molecule has 4 nitrogen and oxygen atoms in total. The van der Waals surface area contributed by atoms with E-state index >= 15 is 0 Å². The Balaban J connectivity index is 1.41. The standard InChI is InChI=1S/C22H27N3O/c1-16-7-9-17(10-8-16)15-25-20-5-2-6-21(25)13-19(12-20)24-22(26)18-4-3-11-23-14-18/h3-4,7-11,14,19-21H,2,5-6,12-13,15H2,1H3,(H,24,26)/t19?,20-,21+. The number of aromatic nitrogens is 1. The minimum absolute atomic E-state index is 0.00755. The number of carbonyl (C=O) groups excluding carboxylic acids is 1. The SMILES string of the molecule is Cc1ccc(CN2[C@@H]3CCC[C@H]2CC(NC(=O)c2cccnc2)C3)cc1. The van der Waals surface area contributed by atoms with Crippen molar-refractivity contribution in [3.8, 4) is 0 Å². The minimum atomic E-state index is 0.00755. The third-order valence-corrected chi connectivity index (χ3v) is 5.87. The van der Waals surface area contributed by atoms with Crippen molar-refractivity contribution in [1.82, 2.24) is 15.2 Å². The molecule has 26 heavy (non-hydrogen) atoms. The number of nitrogens with zero attached hydrogens (tertiary/aromatic N) is 2. The van der Waals surface area contributed by atoms with Crippen molar-refractivity contribution in [2.75, 3.05) is 0 Å². The fourth-order valence-corrected chi connectivity index (χ4v) is 4.52. The Kier molecular flexibility index (Phi) is 5.02. The highest BCUT2D eigenvalue weighted by Gasteiger charge is 2.38. The Morgan fingerprint density at radius 1 is 1.15 bits per heavy atom. The molecule has 1 unspecified atom stereocenters. The number of hydrogen-bond donors (Lipinski definition) is 1. The minimum Gasteiger partial charge on any atom is -0.349 e. The molecule has 2 aromatic rings. The quantitative estimate of drug-likeness (QED) is 0.915. The van der Waals surface area contributed by atoms with Crippen LogP contribution in [0.5, 0.6) is 0 Å². The maximum absolute atomic E-state index is 12.5. The van der Waals surface area contributed by atoms with Gasteiger partial charge in [0.1, 0.15) is 0 Å². The molecular formula is C22H27N3O. The summed E-state index contributed by atoms with van der Waals surface area (Å²) in [5.41, 5.74) is 3.36. The first-order chi connectivity index (χ1) is 12.7. The topological polar surface area (TPSA) is 45.2 Å². The molecule has 2 fully saturated rings. The lowest BCUT2D eigenvalue weighted by Gasteiger charge is -2.49. The van der Waals surface area contributed by atoms with E-state index in [9.17, 15) is 4.79 Å². The second-order valence-electron chi connectivity index (χ2n) is 7.78. The van der Waals surface area contributed by atoms with Gasteiger partial charge >= 0.3 is 0 Å². The molecular weight excluding hydrogens is 322 g/mol. The first kappa shape index (κ1) is 17.2. The number of carbonyl (C=O) groups is 1. The van der Waals surface area contributed by atoms with Gasteiger partial charge in [0.05, 0.1) is 5.56 Å². The van der Waals surface area contributed by atoms with E-state index in [0.717, 1.165) is 19.4 Å². The largest absolute Gasteiger partial charge is 0.349 e. The lowest BCUT2D eigenvalue weighted by Crippen LogP contribution is -2.56. The zero-order chi connectivity index (χ0) is 17.9. The van der Waals surface area contributed by atoms with E-state index < -0.39 is 0 Å². The molecule has 3 heterocycles. The molecule has 1 amide bonds. The van der Waals surface area contributed by atoms with E-state index in [1.54, 1.807) is 12.4 Å². The number of pyridine rings is 1. The number of nitrogens with one attached hydrogen (secondary N) is 1. The van der Waals surface area contributed by atoms with Crippen molar-refractivity contribution in [3.05, 3.63) is 65.5 Å². The van der Waals surface area contributed by atoms with Crippen molar-refractivity contribution in [2.45, 2.75) is 63.7 Å². The normalized spacial score (nSPS) is 25.7. The van der Waals surface area contributed by atoms with E-state index in [4.69, 9.17) is 0 Å². The Hall–Kier alpha value is -2.20. The molecule has 1 aromatic carbocycles. The number of rotatable bonds is 4. The van der Waals surface area contributed by atoms with Crippen molar-refractivity contribution in [3.63, 3.8) is 0 Å². The fourth-order valence-electron chi connectivity index (χ4n) is 4.52. The van der Waals surface area contributed by atoms with Crippen LogP contribution >= 0.6 is 0 Å². The Morgan fingerprint density at radius 2 is 1.88 bits per heavy atom. The molecule has 3 atom stereocenters. The van der Waals surface area contributed by atoms with Gasteiger partial charge in [-0.25, -0.2) is 0 Å². The highest BCUT2D eigenvalue weighted by molar-refractivity contribution is 5.94. The van der Waals surface area contributed by atoms with E-state index in [2.05, 4.69) is 46.4 Å². The number of aryl methyl sites for hydroxylation is 1. The molecule has 0 spiro atoms. The molecule has 0 aliphatic carbocycles. The van der Waals surface area contributed by atoms with Gasteiger partial charge in [-0.1, -0.05) is 36.2 Å². The van der Waals surface area contributed by atoms with Crippen LogP contribution in [0.15, 0.2) is 48.8 Å². The molecule has 0 radical (unpaired) electrons. The highest BCUT2D eigenvalue weighted by atomic mass is 16.1. The van der Waals surface area contributed by atoms with E-state index in [1.165, 1.54) is 30.4 Å². The van der Waals surface area contributed by atoms with Crippen LogP contribution in [0.4, 0.5) is 0 Å².